The van der Waals surface area contributed by atoms with E-state index in [1.54, 1.807) is 47.4 Å². The molecule has 0 bridgehead atoms. The van der Waals surface area contributed by atoms with Crippen LogP contribution in [0.15, 0.2) is 58.0 Å². The summed E-state index contributed by atoms with van der Waals surface area (Å²) in [6, 6.07) is 14.7. The molecule has 3 heterocycles. The van der Waals surface area contributed by atoms with Crippen LogP contribution in [0, 0.1) is 0 Å². The van der Waals surface area contributed by atoms with Gasteiger partial charge in [0.05, 0.1) is 39.7 Å². The van der Waals surface area contributed by atoms with E-state index in [4.69, 9.17) is 0 Å². The molecule has 0 spiro atoms. The van der Waals surface area contributed by atoms with Crippen molar-refractivity contribution in [3.63, 3.8) is 0 Å². The Morgan fingerprint density at radius 3 is 2.42 bits per heavy atom. The first kappa shape index (κ1) is 22.1. The molecule has 2 aromatic carbocycles. The molecule has 0 fully saturated rings. The van der Waals surface area contributed by atoms with Crippen LogP contribution in [-0.2, 0) is 12.8 Å². The summed E-state index contributed by atoms with van der Waals surface area (Å²) < 4.78 is 4.02. The first-order valence-corrected chi connectivity index (χ1v) is 12.9. The molecule has 0 saturated heterocycles. The van der Waals surface area contributed by atoms with Crippen LogP contribution < -0.4 is 0 Å². The third-order valence-electron chi connectivity index (χ3n) is 5.20. The zero-order chi connectivity index (χ0) is 22.9. The summed E-state index contributed by atoms with van der Waals surface area (Å²) in [6.45, 7) is -0.0580. The quantitative estimate of drug-likeness (QED) is 0.292. The van der Waals surface area contributed by atoms with Gasteiger partial charge in [0.15, 0.2) is 9.50 Å². The minimum atomic E-state index is -0.880. The number of imide groups is 1. The number of aromatic nitrogens is 4. The van der Waals surface area contributed by atoms with Crippen LogP contribution in [0.4, 0.5) is 0 Å². The minimum Gasteiger partial charge on any atom is -0.390 e. The van der Waals surface area contributed by atoms with Crippen molar-refractivity contribution >= 4 is 56.9 Å². The normalized spacial score (nSPS) is 14.3. The van der Waals surface area contributed by atoms with Crippen LogP contribution in [0.1, 0.15) is 26.5 Å². The number of aliphatic hydroxyl groups is 1. The molecule has 1 unspecified atom stereocenters. The second-order valence-electron chi connectivity index (χ2n) is 7.43. The monoisotopic (exact) mass is 497 g/mol. The van der Waals surface area contributed by atoms with Crippen LogP contribution in [0.25, 0.3) is 10.2 Å². The lowest BCUT2D eigenvalue weighted by Crippen LogP contribution is -2.37. The van der Waals surface area contributed by atoms with Gasteiger partial charge in [0, 0.05) is 12.8 Å². The number of rotatable bonds is 8. The molecule has 11 heteroatoms. The average Bonchev–Trinajstić information content (AvgIpc) is 3.47. The van der Waals surface area contributed by atoms with Gasteiger partial charge in [-0.15, -0.1) is 21.5 Å². The highest BCUT2D eigenvalue weighted by molar-refractivity contribution is 8.00. The van der Waals surface area contributed by atoms with Gasteiger partial charge < -0.3 is 9.67 Å². The van der Waals surface area contributed by atoms with E-state index in [2.05, 4.69) is 21.2 Å². The van der Waals surface area contributed by atoms with Crippen molar-refractivity contribution in [1.29, 1.82) is 0 Å². The number of para-hydroxylation sites is 1. The number of nitrogens with zero attached hydrogens (tertiary/aromatic N) is 5. The predicted octanol–water partition coefficient (Wildman–Crippen LogP) is 3.47. The number of β-amino-alcohol motifs (C(OH)–C–C–N with tert-alkyl or cyclic N) is 1. The first-order chi connectivity index (χ1) is 16.0. The van der Waals surface area contributed by atoms with Gasteiger partial charge in [0.25, 0.3) is 11.8 Å². The number of thiazole rings is 1. The van der Waals surface area contributed by atoms with Crippen LogP contribution >= 0.6 is 34.9 Å². The van der Waals surface area contributed by atoms with Crippen molar-refractivity contribution in [1.82, 2.24) is 24.6 Å². The molecule has 8 nitrogen and oxygen atoms in total. The van der Waals surface area contributed by atoms with E-state index < -0.39 is 6.10 Å². The standard InChI is InChI=1S/C22H19N5O3S3/c1-26-18(12-32-22-23-16-8-4-5-9-17(16)33-22)24-25-21(26)31-11-13(28)10-27-19(29)14-6-2-3-7-15(14)20(27)30/h2-9,13,28H,10-12H2,1H3. The van der Waals surface area contributed by atoms with E-state index >= 15 is 0 Å². The Hall–Kier alpha value is -2.73. The number of hydrogen-bond donors (Lipinski definition) is 1. The van der Waals surface area contributed by atoms with Gasteiger partial charge in [0.2, 0.25) is 0 Å². The Kier molecular flexibility index (Phi) is 6.19. The molecule has 1 aliphatic heterocycles. The van der Waals surface area contributed by atoms with Crippen LogP contribution in [0.5, 0.6) is 0 Å². The molecule has 4 aromatic rings. The Morgan fingerprint density at radius 2 is 1.70 bits per heavy atom. The second-order valence-corrected chi connectivity index (χ2v) is 10.7. The minimum absolute atomic E-state index is 0.0580. The van der Waals surface area contributed by atoms with Gasteiger partial charge in [-0.3, -0.25) is 14.5 Å². The van der Waals surface area contributed by atoms with Gasteiger partial charge in [-0.25, -0.2) is 4.98 Å². The number of benzene rings is 2. The fourth-order valence-corrected chi connectivity index (χ4v) is 6.36. The highest BCUT2D eigenvalue weighted by Gasteiger charge is 2.36. The lowest BCUT2D eigenvalue weighted by atomic mass is 10.1. The van der Waals surface area contributed by atoms with Gasteiger partial charge in [0.1, 0.15) is 5.82 Å². The zero-order valence-corrected chi connectivity index (χ0v) is 20.0. The molecule has 2 aromatic heterocycles. The molecule has 1 atom stereocenters. The van der Waals surface area contributed by atoms with E-state index in [9.17, 15) is 14.7 Å². The van der Waals surface area contributed by atoms with Crippen molar-refractivity contribution in [3.05, 3.63) is 65.5 Å². The number of carbonyl (C=O) groups is 2. The molecular formula is C22H19N5O3S3. The molecule has 1 aliphatic rings. The molecule has 0 radical (unpaired) electrons. The molecular weight excluding hydrogens is 478 g/mol. The molecule has 2 amide bonds. The summed E-state index contributed by atoms with van der Waals surface area (Å²) in [5, 5.41) is 19.6. The third kappa shape index (κ3) is 4.41. The summed E-state index contributed by atoms with van der Waals surface area (Å²) in [5.74, 6) is 0.975. The maximum Gasteiger partial charge on any atom is 0.261 e. The third-order valence-corrected chi connectivity index (χ3v) is 8.54. The zero-order valence-electron chi connectivity index (χ0n) is 17.5. The lowest BCUT2D eigenvalue weighted by molar-refractivity contribution is 0.0567. The van der Waals surface area contributed by atoms with Gasteiger partial charge in [-0.2, -0.15) is 0 Å². The van der Waals surface area contributed by atoms with E-state index in [-0.39, 0.29) is 24.1 Å². The Balaban J connectivity index is 1.16. The summed E-state index contributed by atoms with van der Waals surface area (Å²) in [7, 11) is 1.88. The van der Waals surface area contributed by atoms with E-state index in [1.165, 1.54) is 11.8 Å². The molecule has 5 rings (SSSR count). The number of aliphatic hydroxyl groups excluding tert-OH is 1. The first-order valence-electron chi connectivity index (χ1n) is 10.1. The average molecular weight is 498 g/mol. The van der Waals surface area contributed by atoms with E-state index in [0.29, 0.717) is 22.0 Å². The van der Waals surface area contributed by atoms with Crippen molar-refractivity contribution < 1.29 is 14.7 Å². The molecule has 33 heavy (non-hydrogen) atoms. The second kappa shape index (κ2) is 9.26. The van der Waals surface area contributed by atoms with Crippen LogP contribution in [0.2, 0.25) is 0 Å². The van der Waals surface area contributed by atoms with Gasteiger partial charge >= 0.3 is 0 Å². The van der Waals surface area contributed by atoms with E-state index in [1.807, 2.05) is 29.8 Å². The van der Waals surface area contributed by atoms with Crippen LogP contribution in [-0.4, -0.2) is 60.0 Å². The lowest BCUT2D eigenvalue weighted by Gasteiger charge is -2.18. The number of thioether (sulfide) groups is 2. The Morgan fingerprint density at radius 1 is 1.00 bits per heavy atom. The summed E-state index contributed by atoms with van der Waals surface area (Å²) in [6.07, 6.45) is -0.880. The predicted molar refractivity (Wildman–Crippen MR) is 129 cm³/mol. The summed E-state index contributed by atoms with van der Waals surface area (Å²) >= 11 is 4.60. The number of hydrogen-bond acceptors (Lipinski definition) is 9. The molecule has 0 saturated carbocycles. The fraction of sp³-hybridized carbons (Fsp3) is 0.227. The summed E-state index contributed by atoms with van der Waals surface area (Å²) in [4.78, 5) is 30.7. The number of carbonyl (C=O) groups excluding carboxylic acids is 2. The molecule has 168 valence electrons. The summed E-state index contributed by atoms with van der Waals surface area (Å²) in [5.41, 5.74) is 1.75. The largest absolute Gasteiger partial charge is 0.390 e. The highest BCUT2D eigenvalue weighted by atomic mass is 32.2. The molecule has 1 N–H and O–H groups in total. The number of amides is 2. The van der Waals surface area contributed by atoms with Crippen molar-refractivity contribution in [2.75, 3.05) is 12.3 Å². The smallest absolute Gasteiger partial charge is 0.261 e. The maximum absolute atomic E-state index is 12.5. The van der Waals surface area contributed by atoms with Gasteiger partial charge in [-0.05, 0) is 24.3 Å². The van der Waals surface area contributed by atoms with Crippen molar-refractivity contribution in [2.24, 2.45) is 7.05 Å². The maximum atomic E-state index is 12.5. The Bertz CT molecular complexity index is 1280. The highest BCUT2D eigenvalue weighted by Crippen LogP contribution is 2.31. The fourth-order valence-electron chi connectivity index (χ4n) is 3.47. The molecule has 0 aliphatic carbocycles. The van der Waals surface area contributed by atoms with Crippen molar-refractivity contribution in [2.45, 2.75) is 21.4 Å². The van der Waals surface area contributed by atoms with Crippen LogP contribution in [0.3, 0.4) is 0 Å². The van der Waals surface area contributed by atoms with E-state index in [0.717, 1.165) is 25.3 Å². The van der Waals surface area contributed by atoms with Crippen molar-refractivity contribution in [3.8, 4) is 0 Å². The van der Waals surface area contributed by atoms with Gasteiger partial charge in [-0.1, -0.05) is 47.8 Å². The topological polar surface area (TPSA) is 101 Å². The Labute approximate surface area is 202 Å². The number of fused-ring (bicyclic) bond motifs is 2. The SMILES string of the molecule is Cn1c(CSc2nc3ccccc3s2)nnc1SCC(O)CN1C(=O)c2ccccc2C1=O.